The van der Waals surface area contributed by atoms with Gasteiger partial charge in [-0.15, -0.1) is 0 Å². The van der Waals surface area contributed by atoms with Crippen LogP contribution < -0.4 is 0 Å². The molecule has 0 aromatic heterocycles. The maximum absolute atomic E-state index is 11.8. The fourth-order valence-electron chi connectivity index (χ4n) is 10.9. The van der Waals surface area contributed by atoms with Crippen LogP contribution in [0.15, 0.2) is 0 Å². The second-order valence-electron chi connectivity index (χ2n) is 15.1. The fourth-order valence-corrected chi connectivity index (χ4v) is 10.9. The average Bonchev–Trinajstić information content (AvgIpc) is 3.01. The molecule has 9 atom stereocenters. The van der Waals surface area contributed by atoms with Crippen LogP contribution >= 0.6 is 0 Å². The largest absolute Gasteiger partial charge is 0.462 e. The molecule has 0 bridgehead atoms. The van der Waals surface area contributed by atoms with Crippen molar-refractivity contribution < 1.29 is 9.53 Å². The Morgan fingerprint density at radius 2 is 1.50 bits per heavy atom. The van der Waals surface area contributed by atoms with Crippen LogP contribution in [0.25, 0.3) is 0 Å². The molecular formula is C32H56O2. The molecule has 5 unspecified atom stereocenters. The van der Waals surface area contributed by atoms with Crippen LogP contribution in [0.5, 0.6) is 0 Å². The number of fused-ring (bicyclic) bond motifs is 5. The third-order valence-electron chi connectivity index (χ3n) is 12.9. The summed E-state index contributed by atoms with van der Waals surface area (Å²) in [6.07, 6.45) is 15.1. The van der Waals surface area contributed by atoms with E-state index < -0.39 is 0 Å². The Hall–Kier alpha value is -0.530. The quantitative estimate of drug-likeness (QED) is 0.360. The molecule has 0 aromatic carbocycles. The first-order chi connectivity index (χ1) is 15.8. The van der Waals surface area contributed by atoms with Gasteiger partial charge in [-0.1, -0.05) is 74.7 Å². The lowest BCUT2D eigenvalue weighted by Gasteiger charge is -2.67. The highest BCUT2D eigenvalue weighted by Crippen LogP contribution is 2.74. The number of hydrogen-bond acceptors (Lipinski definition) is 2. The van der Waals surface area contributed by atoms with Crippen LogP contribution in [-0.4, -0.2) is 12.1 Å². The fraction of sp³-hybridized carbons (Fsp3) is 0.969. The zero-order valence-corrected chi connectivity index (χ0v) is 24.1. The Kier molecular flexibility index (Phi) is 7.09. The molecule has 0 saturated heterocycles. The molecule has 34 heavy (non-hydrogen) atoms. The highest BCUT2D eigenvalue weighted by molar-refractivity contribution is 5.66. The van der Waals surface area contributed by atoms with Gasteiger partial charge in [0.1, 0.15) is 6.10 Å². The summed E-state index contributed by atoms with van der Waals surface area (Å²) in [6.45, 7) is 21.8. The van der Waals surface area contributed by atoms with Gasteiger partial charge in [0.25, 0.3) is 0 Å². The number of esters is 1. The lowest BCUT2D eigenvalue weighted by atomic mass is 9.38. The van der Waals surface area contributed by atoms with Crippen molar-refractivity contribution >= 4 is 5.97 Å². The van der Waals surface area contributed by atoms with E-state index in [1.807, 2.05) is 0 Å². The number of carbonyl (C=O) groups excluding carboxylic acids is 1. The molecule has 0 radical (unpaired) electrons. The van der Waals surface area contributed by atoms with E-state index in [1.165, 1.54) is 64.2 Å². The first-order valence-corrected chi connectivity index (χ1v) is 14.9. The van der Waals surface area contributed by atoms with Crippen molar-refractivity contribution in [3.63, 3.8) is 0 Å². The lowest BCUT2D eigenvalue weighted by Crippen LogP contribution is -2.62. The van der Waals surface area contributed by atoms with Crippen molar-refractivity contribution in [3.8, 4) is 0 Å². The molecule has 2 nitrogen and oxygen atoms in total. The molecule has 0 N–H and O–H groups in total. The number of carbonyl (C=O) groups is 1. The predicted molar refractivity (Wildman–Crippen MR) is 142 cm³/mol. The van der Waals surface area contributed by atoms with Gasteiger partial charge >= 0.3 is 5.97 Å². The van der Waals surface area contributed by atoms with E-state index in [0.29, 0.717) is 22.2 Å². The Morgan fingerprint density at radius 3 is 2.15 bits per heavy atom. The summed E-state index contributed by atoms with van der Waals surface area (Å²) in [5.74, 6) is 4.90. The van der Waals surface area contributed by atoms with E-state index in [9.17, 15) is 4.79 Å². The van der Waals surface area contributed by atoms with Crippen LogP contribution in [-0.2, 0) is 9.53 Å². The predicted octanol–water partition coefficient (Wildman–Crippen LogP) is 9.07. The van der Waals surface area contributed by atoms with Gasteiger partial charge in [0.2, 0.25) is 0 Å². The van der Waals surface area contributed by atoms with Crippen molar-refractivity contribution in [2.45, 2.75) is 139 Å². The van der Waals surface area contributed by atoms with Crippen LogP contribution in [0.3, 0.4) is 0 Å². The van der Waals surface area contributed by atoms with E-state index in [4.69, 9.17) is 4.74 Å². The molecule has 196 valence electrons. The smallest absolute Gasteiger partial charge is 0.302 e. The molecule has 0 spiro atoms. The standard InChI is InChI=1S/C32H56O2/c1-21(2)11-10-12-22(3)24-15-19-32(9)26-13-14-27-29(5,6)28(34-23(4)33)17-18-30(27,7)25(26)16-20-31(24,32)8/h21-22,24-28H,10-20H2,1-9H3/t22?,24?,25?,26?,27?,28-,30+,31+,32-/m0/s1. The molecule has 4 saturated carbocycles. The average molecular weight is 473 g/mol. The molecular weight excluding hydrogens is 416 g/mol. The zero-order chi connectivity index (χ0) is 25.1. The summed E-state index contributed by atoms with van der Waals surface area (Å²) >= 11 is 0. The molecule has 4 fully saturated rings. The zero-order valence-electron chi connectivity index (χ0n) is 24.1. The molecule has 0 heterocycles. The van der Waals surface area contributed by atoms with Crippen LogP contribution in [0.1, 0.15) is 133 Å². The molecule has 0 amide bonds. The topological polar surface area (TPSA) is 26.3 Å². The normalized spacial score (nSPS) is 46.4. The van der Waals surface area contributed by atoms with Gasteiger partial charge < -0.3 is 4.74 Å². The van der Waals surface area contributed by atoms with Crippen LogP contribution in [0.2, 0.25) is 0 Å². The van der Waals surface area contributed by atoms with E-state index in [2.05, 4.69) is 55.4 Å². The summed E-state index contributed by atoms with van der Waals surface area (Å²) in [4.78, 5) is 11.8. The second-order valence-corrected chi connectivity index (χ2v) is 15.1. The van der Waals surface area contributed by atoms with E-state index in [-0.39, 0.29) is 17.5 Å². The summed E-state index contributed by atoms with van der Waals surface area (Å²) in [7, 11) is 0. The minimum Gasteiger partial charge on any atom is -0.462 e. The maximum Gasteiger partial charge on any atom is 0.302 e. The highest BCUT2D eigenvalue weighted by Gasteiger charge is 2.67. The van der Waals surface area contributed by atoms with E-state index in [1.54, 1.807) is 6.92 Å². The molecule has 4 aliphatic carbocycles. The Morgan fingerprint density at radius 1 is 0.824 bits per heavy atom. The summed E-state index contributed by atoms with van der Waals surface area (Å²) in [6, 6.07) is 0. The van der Waals surface area contributed by atoms with Crippen LogP contribution in [0.4, 0.5) is 0 Å². The van der Waals surface area contributed by atoms with E-state index in [0.717, 1.165) is 36.0 Å². The molecule has 0 aliphatic heterocycles. The van der Waals surface area contributed by atoms with Crippen molar-refractivity contribution in [2.75, 3.05) is 0 Å². The number of hydrogen-bond donors (Lipinski definition) is 0. The molecule has 0 aromatic rings. The summed E-state index contributed by atoms with van der Waals surface area (Å²) < 4.78 is 5.89. The Labute approximate surface area is 211 Å². The molecule has 2 heteroatoms. The Balaban J connectivity index is 1.54. The van der Waals surface area contributed by atoms with Crippen molar-refractivity contribution in [1.29, 1.82) is 0 Å². The number of rotatable bonds is 6. The molecule has 4 rings (SSSR count). The van der Waals surface area contributed by atoms with Gasteiger partial charge in [0.05, 0.1) is 0 Å². The van der Waals surface area contributed by atoms with Gasteiger partial charge in [0.15, 0.2) is 0 Å². The second kappa shape index (κ2) is 9.09. The molecule has 4 aliphatic rings. The van der Waals surface area contributed by atoms with E-state index >= 15 is 0 Å². The van der Waals surface area contributed by atoms with Gasteiger partial charge in [-0.05, 0) is 103 Å². The number of ether oxygens (including phenoxy) is 1. The maximum atomic E-state index is 11.8. The SMILES string of the molecule is CC(=O)O[C@H]1CC[C@]2(C)C3CC[C@]4(C)C(C(C)CCCC(C)C)CC[C@@]4(C)C3CCC2C1(C)C. The third-order valence-corrected chi connectivity index (χ3v) is 12.9. The van der Waals surface area contributed by atoms with Crippen molar-refractivity contribution in [3.05, 3.63) is 0 Å². The van der Waals surface area contributed by atoms with Gasteiger partial charge in [-0.25, -0.2) is 0 Å². The Bertz CT molecular complexity index is 754. The monoisotopic (exact) mass is 472 g/mol. The van der Waals surface area contributed by atoms with Crippen LogP contribution in [0, 0.1) is 57.2 Å². The first-order valence-electron chi connectivity index (χ1n) is 14.9. The first kappa shape index (κ1) is 26.5. The van der Waals surface area contributed by atoms with Gasteiger partial charge in [-0.3, -0.25) is 4.79 Å². The van der Waals surface area contributed by atoms with Crippen molar-refractivity contribution in [1.82, 2.24) is 0 Å². The highest BCUT2D eigenvalue weighted by atomic mass is 16.5. The summed E-state index contributed by atoms with van der Waals surface area (Å²) in [5, 5.41) is 0. The lowest BCUT2D eigenvalue weighted by molar-refractivity contribution is -0.209. The summed E-state index contributed by atoms with van der Waals surface area (Å²) in [5.41, 5.74) is 1.49. The third kappa shape index (κ3) is 4.00. The minimum atomic E-state index is -0.101. The van der Waals surface area contributed by atoms with Gasteiger partial charge in [-0.2, -0.15) is 0 Å². The van der Waals surface area contributed by atoms with Crippen molar-refractivity contribution in [2.24, 2.45) is 57.2 Å². The van der Waals surface area contributed by atoms with Gasteiger partial charge in [0, 0.05) is 12.3 Å². The minimum absolute atomic E-state index is 0.0778.